The SMILES string of the molecule is CCNc1nc(-c2cccc(NC(=O)CN(CC)CCOC)c2)c2c(N)c(C(N)=O)sc2n1. The number of primary amides is 1. The Morgan fingerprint density at radius 3 is 2.70 bits per heavy atom. The first-order chi connectivity index (χ1) is 15.9. The normalized spacial score (nSPS) is 11.2. The molecule has 0 atom stereocenters. The molecule has 0 aliphatic carbocycles. The van der Waals surface area contributed by atoms with Crippen LogP contribution in [0.1, 0.15) is 23.5 Å². The van der Waals surface area contributed by atoms with Crippen molar-refractivity contribution in [2.24, 2.45) is 5.73 Å². The van der Waals surface area contributed by atoms with E-state index in [1.54, 1.807) is 7.11 Å². The van der Waals surface area contributed by atoms with Crippen LogP contribution in [0.5, 0.6) is 0 Å². The number of ether oxygens (including phenoxy) is 1. The Morgan fingerprint density at radius 1 is 1.24 bits per heavy atom. The number of aromatic nitrogens is 2. The van der Waals surface area contributed by atoms with Crippen molar-refractivity contribution in [1.29, 1.82) is 0 Å². The summed E-state index contributed by atoms with van der Waals surface area (Å²) in [5.74, 6) is -0.317. The predicted octanol–water partition coefficient (Wildman–Crippen LogP) is 2.38. The molecule has 2 amide bonds. The van der Waals surface area contributed by atoms with E-state index in [-0.39, 0.29) is 23.0 Å². The summed E-state index contributed by atoms with van der Waals surface area (Å²) >= 11 is 1.14. The summed E-state index contributed by atoms with van der Waals surface area (Å²) < 4.78 is 5.10. The highest BCUT2D eigenvalue weighted by molar-refractivity contribution is 7.21. The summed E-state index contributed by atoms with van der Waals surface area (Å²) in [4.78, 5) is 36.3. The third-order valence-corrected chi connectivity index (χ3v) is 6.11. The highest BCUT2D eigenvalue weighted by Crippen LogP contribution is 2.39. The van der Waals surface area contributed by atoms with Crippen molar-refractivity contribution in [2.75, 3.05) is 56.3 Å². The van der Waals surface area contributed by atoms with E-state index in [0.717, 1.165) is 23.4 Å². The third kappa shape index (κ3) is 5.75. The molecule has 1 aromatic carbocycles. The Hall–Kier alpha value is -3.28. The molecule has 0 unspecified atom stereocenters. The summed E-state index contributed by atoms with van der Waals surface area (Å²) in [6.45, 7) is 6.79. The molecule has 0 bridgehead atoms. The molecule has 0 aliphatic rings. The van der Waals surface area contributed by atoms with Gasteiger partial charge in [0.15, 0.2) is 0 Å². The number of hydrogen-bond acceptors (Lipinski definition) is 9. The zero-order chi connectivity index (χ0) is 24.0. The van der Waals surface area contributed by atoms with E-state index in [4.69, 9.17) is 16.2 Å². The maximum atomic E-state index is 12.6. The standard InChI is InChI=1S/C22H29N7O3S/c1-4-25-22-27-18(16-17(23)19(20(24)31)33-21(16)28-22)13-7-6-8-14(11-13)26-15(30)12-29(5-2)9-10-32-3/h6-8,11H,4-5,9-10,12,23H2,1-3H3,(H2,24,31)(H,26,30)(H,25,27,28). The second-order valence-electron chi connectivity index (χ2n) is 7.31. The number of anilines is 3. The van der Waals surface area contributed by atoms with E-state index >= 15 is 0 Å². The first-order valence-corrected chi connectivity index (χ1v) is 11.4. The fraction of sp³-hybridized carbons (Fsp3) is 0.364. The van der Waals surface area contributed by atoms with E-state index in [2.05, 4.69) is 20.6 Å². The van der Waals surface area contributed by atoms with Crippen molar-refractivity contribution < 1.29 is 14.3 Å². The average Bonchev–Trinajstić information content (AvgIpc) is 3.13. The van der Waals surface area contributed by atoms with Gasteiger partial charge in [0.2, 0.25) is 11.9 Å². The number of nitrogen functional groups attached to an aromatic ring is 1. The van der Waals surface area contributed by atoms with Crippen LogP contribution < -0.4 is 22.1 Å². The fourth-order valence-electron chi connectivity index (χ4n) is 3.37. The molecule has 2 heterocycles. The first kappa shape index (κ1) is 24.4. The Kier molecular flexibility index (Phi) is 8.15. The monoisotopic (exact) mass is 471 g/mol. The van der Waals surface area contributed by atoms with Gasteiger partial charge in [-0.2, -0.15) is 0 Å². The number of amides is 2. The number of benzene rings is 1. The number of nitrogens with two attached hydrogens (primary N) is 2. The summed E-state index contributed by atoms with van der Waals surface area (Å²) in [5, 5.41) is 6.60. The molecule has 0 spiro atoms. The summed E-state index contributed by atoms with van der Waals surface area (Å²) in [7, 11) is 1.64. The number of methoxy groups -OCH3 is 1. The quantitative estimate of drug-likeness (QED) is 0.333. The van der Waals surface area contributed by atoms with Gasteiger partial charge in [-0.3, -0.25) is 14.5 Å². The van der Waals surface area contributed by atoms with Gasteiger partial charge >= 0.3 is 0 Å². The molecular formula is C22H29N7O3S. The molecule has 11 heteroatoms. The van der Waals surface area contributed by atoms with E-state index in [1.807, 2.05) is 43.0 Å². The van der Waals surface area contributed by atoms with Gasteiger partial charge in [-0.05, 0) is 25.6 Å². The molecule has 3 aromatic rings. The van der Waals surface area contributed by atoms with Crippen molar-refractivity contribution >= 4 is 50.7 Å². The number of thiophene rings is 1. The molecule has 0 fully saturated rings. The van der Waals surface area contributed by atoms with Crippen LogP contribution in [0.15, 0.2) is 24.3 Å². The van der Waals surface area contributed by atoms with Gasteiger partial charge in [-0.1, -0.05) is 19.1 Å². The molecule has 3 rings (SSSR count). The van der Waals surface area contributed by atoms with E-state index in [0.29, 0.717) is 47.2 Å². The fourth-order valence-corrected chi connectivity index (χ4v) is 4.32. The van der Waals surface area contributed by atoms with E-state index in [9.17, 15) is 9.59 Å². The van der Waals surface area contributed by atoms with Crippen LogP contribution in [0.3, 0.4) is 0 Å². The topological polar surface area (TPSA) is 148 Å². The Labute approximate surface area is 196 Å². The molecular weight excluding hydrogens is 442 g/mol. The molecule has 6 N–H and O–H groups in total. The number of nitrogens with one attached hydrogen (secondary N) is 2. The lowest BCUT2D eigenvalue weighted by atomic mass is 10.1. The lowest BCUT2D eigenvalue weighted by Crippen LogP contribution is -2.35. The van der Waals surface area contributed by atoms with Crippen LogP contribution in [0.2, 0.25) is 0 Å². The molecule has 176 valence electrons. The van der Waals surface area contributed by atoms with Crippen LogP contribution in [-0.4, -0.2) is 66.6 Å². The number of carbonyl (C=O) groups is 2. The molecule has 0 radical (unpaired) electrons. The number of fused-ring (bicyclic) bond motifs is 1. The van der Waals surface area contributed by atoms with Crippen molar-refractivity contribution in [3.8, 4) is 11.3 Å². The van der Waals surface area contributed by atoms with Crippen LogP contribution in [0.4, 0.5) is 17.3 Å². The maximum Gasteiger partial charge on any atom is 0.260 e. The number of rotatable bonds is 11. The van der Waals surface area contributed by atoms with Gasteiger partial charge in [-0.15, -0.1) is 11.3 Å². The summed E-state index contributed by atoms with van der Waals surface area (Å²) in [5.41, 5.74) is 13.9. The van der Waals surface area contributed by atoms with Crippen LogP contribution in [-0.2, 0) is 9.53 Å². The minimum absolute atomic E-state index is 0.127. The van der Waals surface area contributed by atoms with E-state index in [1.165, 1.54) is 0 Å². The number of nitrogens with zero attached hydrogens (tertiary/aromatic N) is 3. The van der Waals surface area contributed by atoms with Gasteiger partial charge in [0, 0.05) is 31.5 Å². The Balaban J connectivity index is 1.95. The van der Waals surface area contributed by atoms with Crippen LogP contribution >= 0.6 is 11.3 Å². The van der Waals surface area contributed by atoms with Gasteiger partial charge in [0.25, 0.3) is 5.91 Å². The van der Waals surface area contributed by atoms with Gasteiger partial charge < -0.3 is 26.8 Å². The number of likely N-dealkylation sites (N-methyl/N-ethyl adjacent to an activating group) is 1. The van der Waals surface area contributed by atoms with Crippen molar-refractivity contribution in [3.63, 3.8) is 0 Å². The molecule has 2 aromatic heterocycles. The van der Waals surface area contributed by atoms with Crippen LogP contribution in [0, 0.1) is 0 Å². The summed E-state index contributed by atoms with van der Waals surface area (Å²) in [6, 6.07) is 7.32. The average molecular weight is 472 g/mol. The molecule has 33 heavy (non-hydrogen) atoms. The Bertz CT molecular complexity index is 1150. The third-order valence-electron chi connectivity index (χ3n) is 4.99. The second-order valence-corrected chi connectivity index (χ2v) is 8.31. The zero-order valence-corrected chi connectivity index (χ0v) is 19.8. The van der Waals surface area contributed by atoms with Gasteiger partial charge in [-0.25, -0.2) is 9.97 Å². The molecule has 10 nitrogen and oxygen atoms in total. The molecule has 0 saturated heterocycles. The van der Waals surface area contributed by atoms with Crippen LogP contribution in [0.25, 0.3) is 21.5 Å². The Morgan fingerprint density at radius 2 is 2.03 bits per heavy atom. The molecule has 0 saturated carbocycles. The van der Waals surface area contributed by atoms with Gasteiger partial charge in [0.05, 0.1) is 29.9 Å². The largest absolute Gasteiger partial charge is 0.397 e. The van der Waals surface area contributed by atoms with Crippen molar-refractivity contribution in [1.82, 2.24) is 14.9 Å². The second kappa shape index (κ2) is 11.0. The minimum atomic E-state index is -0.610. The van der Waals surface area contributed by atoms with E-state index < -0.39 is 5.91 Å². The minimum Gasteiger partial charge on any atom is -0.397 e. The predicted molar refractivity (Wildman–Crippen MR) is 133 cm³/mol. The zero-order valence-electron chi connectivity index (χ0n) is 19.0. The first-order valence-electron chi connectivity index (χ1n) is 10.6. The maximum absolute atomic E-state index is 12.6. The molecule has 0 aliphatic heterocycles. The van der Waals surface area contributed by atoms with Gasteiger partial charge in [0.1, 0.15) is 9.71 Å². The van der Waals surface area contributed by atoms with Crippen molar-refractivity contribution in [3.05, 3.63) is 29.1 Å². The summed E-state index contributed by atoms with van der Waals surface area (Å²) in [6.07, 6.45) is 0. The lowest BCUT2D eigenvalue weighted by molar-refractivity contribution is -0.117. The number of hydrogen-bond donors (Lipinski definition) is 4. The smallest absolute Gasteiger partial charge is 0.260 e. The lowest BCUT2D eigenvalue weighted by Gasteiger charge is -2.19. The highest BCUT2D eigenvalue weighted by atomic mass is 32.1. The van der Waals surface area contributed by atoms with Crippen molar-refractivity contribution in [2.45, 2.75) is 13.8 Å². The number of carbonyl (C=O) groups excluding carboxylic acids is 2. The highest BCUT2D eigenvalue weighted by Gasteiger charge is 2.21.